The zero-order chi connectivity index (χ0) is 15.8. The highest BCUT2D eigenvalue weighted by molar-refractivity contribution is 5.81. The van der Waals surface area contributed by atoms with Crippen molar-refractivity contribution in [1.29, 1.82) is 0 Å². The average Bonchev–Trinajstić information content (AvgIpc) is 3.29. The zero-order valence-corrected chi connectivity index (χ0v) is 14.3. The van der Waals surface area contributed by atoms with Crippen molar-refractivity contribution in [3.05, 3.63) is 29.3 Å². The van der Waals surface area contributed by atoms with Crippen LogP contribution in [0.3, 0.4) is 0 Å². The lowest BCUT2D eigenvalue weighted by molar-refractivity contribution is -0.133. The van der Waals surface area contributed by atoms with Crippen molar-refractivity contribution in [3.63, 3.8) is 0 Å². The number of hydrogen-bond donors (Lipinski definition) is 0. The molecule has 3 aliphatic rings. The fraction of sp³-hybridized carbons (Fsp3) is 0.650. The van der Waals surface area contributed by atoms with Crippen LogP contribution < -0.4 is 4.90 Å². The highest BCUT2D eigenvalue weighted by Crippen LogP contribution is 2.35. The number of rotatable bonds is 3. The molecule has 0 aromatic heterocycles. The molecule has 23 heavy (non-hydrogen) atoms. The molecule has 0 unspecified atom stereocenters. The van der Waals surface area contributed by atoms with Crippen molar-refractivity contribution < 1.29 is 4.79 Å². The highest BCUT2D eigenvalue weighted by Gasteiger charge is 2.35. The van der Waals surface area contributed by atoms with Gasteiger partial charge in [-0.05, 0) is 68.6 Å². The second kappa shape index (κ2) is 6.18. The Hall–Kier alpha value is -1.51. The highest BCUT2D eigenvalue weighted by atomic mass is 16.2. The van der Waals surface area contributed by atoms with Crippen LogP contribution in [0.5, 0.6) is 0 Å². The summed E-state index contributed by atoms with van der Waals surface area (Å²) in [4.78, 5) is 16.8. The van der Waals surface area contributed by atoms with Crippen LogP contribution in [0.1, 0.15) is 55.6 Å². The molecule has 1 amide bonds. The molecule has 3 nitrogen and oxygen atoms in total. The molecule has 1 aliphatic carbocycles. The minimum absolute atomic E-state index is 0.369. The molecule has 1 saturated carbocycles. The van der Waals surface area contributed by atoms with Gasteiger partial charge in [-0.25, -0.2) is 0 Å². The van der Waals surface area contributed by atoms with Crippen molar-refractivity contribution in [2.24, 2.45) is 5.92 Å². The lowest BCUT2D eigenvalue weighted by atomic mass is 9.88. The summed E-state index contributed by atoms with van der Waals surface area (Å²) in [7, 11) is 0. The van der Waals surface area contributed by atoms with Gasteiger partial charge in [-0.15, -0.1) is 0 Å². The Morgan fingerprint density at radius 1 is 1.00 bits per heavy atom. The van der Waals surface area contributed by atoms with Gasteiger partial charge in [0.25, 0.3) is 0 Å². The van der Waals surface area contributed by atoms with E-state index in [2.05, 4.69) is 34.9 Å². The van der Waals surface area contributed by atoms with Crippen LogP contribution in [0.25, 0.3) is 0 Å². The summed E-state index contributed by atoms with van der Waals surface area (Å²) in [6, 6.07) is 7.07. The maximum absolute atomic E-state index is 12.2. The number of benzene rings is 1. The summed E-state index contributed by atoms with van der Waals surface area (Å²) in [6.07, 6.45) is 7.15. The average molecular weight is 312 g/mol. The van der Waals surface area contributed by atoms with Crippen LogP contribution in [0, 0.1) is 12.8 Å². The van der Waals surface area contributed by atoms with Crippen LogP contribution in [0.2, 0.25) is 0 Å². The van der Waals surface area contributed by atoms with Gasteiger partial charge in [0.05, 0.1) is 0 Å². The first-order chi connectivity index (χ1) is 11.2. The molecule has 0 atom stereocenters. The molecule has 1 aromatic rings. The first kappa shape index (κ1) is 15.0. The van der Waals surface area contributed by atoms with Crippen LogP contribution in [-0.2, 0) is 4.79 Å². The lowest BCUT2D eigenvalue weighted by Gasteiger charge is -2.33. The molecule has 2 aliphatic heterocycles. The van der Waals surface area contributed by atoms with E-state index in [9.17, 15) is 4.79 Å². The molecular weight excluding hydrogens is 284 g/mol. The molecular formula is C20H28N2O. The molecule has 0 spiro atoms. The summed E-state index contributed by atoms with van der Waals surface area (Å²) >= 11 is 0. The van der Waals surface area contributed by atoms with Crippen LogP contribution in [0.4, 0.5) is 5.69 Å². The molecule has 0 bridgehead atoms. The number of nitrogens with zero attached hydrogens (tertiary/aromatic N) is 2. The van der Waals surface area contributed by atoms with E-state index >= 15 is 0 Å². The Morgan fingerprint density at radius 3 is 2.30 bits per heavy atom. The van der Waals surface area contributed by atoms with Gasteiger partial charge < -0.3 is 9.80 Å². The summed E-state index contributed by atoms with van der Waals surface area (Å²) in [5, 5.41) is 0. The molecule has 0 radical (unpaired) electrons. The van der Waals surface area contributed by atoms with Crippen LogP contribution >= 0.6 is 0 Å². The fourth-order valence-electron chi connectivity index (χ4n) is 4.27. The van der Waals surface area contributed by atoms with Gasteiger partial charge in [0.1, 0.15) is 0 Å². The Labute approximate surface area is 139 Å². The van der Waals surface area contributed by atoms with Crippen LogP contribution in [-0.4, -0.2) is 37.0 Å². The van der Waals surface area contributed by atoms with Crippen molar-refractivity contribution in [2.45, 2.75) is 51.4 Å². The molecule has 1 aromatic carbocycles. The van der Waals surface area contributed by atoms with E-state index in [4.69, 9.17) is 0 Å². The minimum Gasteiger partial charge on any atom is -0.371 e. The van der Waals surface area contributed by atoms with E-state index in [0.29, 0.717) is 17.7 Å². The monoisotopic (exact) mass is 312 g/mol. The van der Waals surface area contributed by atoms with Crippen molar-refractivity contribution in [2.75, 3.05) is 31.1 Å². The van der Waals surface area contributed by atoms with Gasteiger partial charge in [0, 0.05) is 37.8 Å². The third kappa shape index (κ3) is 3.11. The van der Waals surface area contributed by atoms with E-state index < -0.39 is 0 Å². The third-order valence-corrected chi connectivity index (χ3v) is 5.87. The van der Waals surface area contributed by atoms with Crippen molar-refractivity contribution in [1.82, 2.24) is 4.90 Å². The summed E-state index contributed by atoms with van der Waals surface area (Å²) in [5.74, 6) is 1.42. The summed E-state index contributed by atoms with van der Waals surface area (Å²) < 4.78 is 0. The number of hydrogen-bond acceptors (Lipinski definition) is 2. The Balaban J connectivity index is 1.40. The Morgan fingerprint density at radius 2 is 1.70 bits per heavy atom. The largest absolute Gasteiger partial charge is 0.371 e. The number of carbonyl (C=O) groups is 1. The van der Waals surface area contributed by atoms with Crippen molar-refractivity contribution in [3.8, 4) is 0 Å². The van der Waals surface area contributed by atoms with E-state index in [-0.39, 0.29) is 0 Å². The SMILES string of the molecule is Cc1cc(C2CCN(C(=O)C3CC3)CC2)ccc1N1CCCC1. The van der Waals surface area contributed by atoms with E-state index in [1.165, 1.54) is 42.7 Å². The first-order valence-corrected chi connectivity index (χ1v) is 9.36. The van der Waals surface area contributed by atoms with Gasteiger partial charge in [-0.2, -0.15) is 0 Å². The van der Waals surface area contributed by atoms with Gasteiger partial charge >= 0.3 is 0 Å². The predicted molar refractivity (Wildman–Crippen MR) is 93.9 cm³/mol. The van der Waals surface area contributed by atoms with Gasteiger partial charge in [0.15, 0.2) is 0 Å². The van der Waals surface area contributed by atoms with Gasteiger partial charge in [-0.3, -0.25) is 4.79 Å². The maximum Gasteiger partial charge on any atom is 0.225 e. The quantitative estimate of drug-likeness (QED) is 0.849. The number of anilines is 1. The first-order valence-electron chi connectivity index (χ1n) is 9.36. The topological polar surface area (TPSA) is 23.6 Å². The van der Waals surface area contributed by atoms with E-state index in [1.807, 2.05) is 0 Å². The van der Waals surface area contributed by atoms with E-state index in [0.717, 1.165) is 38.8 Å². The molecule has 2 heterocycles. The number of likely N-dealkylation sites (tertiary alicyclic amines) is 1. The number of carbonyl (C=O) groups excluding carboxylic acids is 1. The standard InChI is InChI=1S/C20H28N2O/c1-15-14-18(6-7-19(15)21-10-2-3-11-21)16-8-12-22(13-9-16)20(23)17-4-5-17/h6-7,14,16-17H,2-5,8-13H2,1H3. The van der Waals surface area contributed by atoms with Crippen LogP contribution in [0.15, 0.2) is 18.2 Å². The minimum atomic E-state index is 0.369. The lowest BCUT2D eigenvalue weighted by Crippen LogP contribution is -2.38. The summed E-state index contributed by atoms with van der Waals surface area (Å²) in [5.41, 5.74) is 4.32. The molecule has 0 N–H and O–H groups in total. The molecule has 3 heteroatoms. The smallest absolute Gasteiger partial charge is 0.225 e. The normalized spacial score (nSPS) is 22.7. The van der Waals surface area contributed by atoms with Gasteiger partial charge in [-0.1, -0.05) is 12.1 Å². The molecule has 2 saturated heterocycles. The second-order valence-corrected chi connectivity index (χ2v) is 7.61. The van der Waals surface area contributed by atoms with Crippen molar-refractivity contribution >= 4 is 11.6 Å². The third-order valence-electron chi connectivity index (χ3n) is 5.87. The number of amides is 1. The second-order valence-electron chi connectivity index (χ2n) is 7.61. The predicted octanol–water partition coefficient (Wildman–Crippen LogP) is 3.71. The Kier molecular flexibility index (Phi) is 4.04. The zero-order valence-electron chi connectivity index (χ0n) is 14.3. The number of aryl methyl sites for hydroxylation is 1. The molecule has 3 fully saturated rings. The van der Waals surface area contributed by atoms with Gasteiger partial charge in [0.2, 0.25) is 5.91 Å². The maximum atomic E-state index is 12.2. The number of piperidine rings is 1. The Bertz CT molecular complexity index is 579. The molecule has 124 valence electrons. The fourth-order valence-corrected chi connectivity index (χ4v) is 4.27. The van der Waals surface area contributed by atoms with E-state index in [1.54, 1.807) is 0 Å². The summed E-state index contributed by atoms with van der Waals surface area (Å²) in [6.45, 7) is 6.58. The molecule has 4 rings (SSSR count).